The highest BCUT2D eigenvalue weighted by Gasteiger charge is 2.34. The van der Waals surface area contributed by atoms with Crippen LogP contribution in [0.3, 0.4) is 0 Å². The molecule has 3 heterocycles. The van der Waals surface area contributed by atoms with Crippen LogP contribution in [0.5, 0.6) is 5.75 Å². The third-order valence-corrected chi connectivity index (χ3v) is 8.46. The smallest absolute Gasteiger partial charge is 0.310 e. The van der Waals surface area contributed by atoms with E-state index in [-0.39, 0.29) is 19.1 Å². The molecule has 9 heteroatoms. The molecule has 1 fully saturated rings. The first-order valence-corrected chi connectivity index (χ1v) is 12.7. The van der Waals surface area contributed by atoms with Gasteiger partial charge in [0.05, 0.1) is 11.6 Å². The van der Waals surface area contributed by atoms with Gasteiger partial charge < -0.3 is 9.47 Å². The molecular weight excluding hydrogens is 448 g/mol. The number of hydrogen-bond acceptors (Lipinski definition) is 7. The lowest BCUT2D eigenvalue weighted by atomic mass is 10.00. The average molecular weight is 473 g/mol. The van der Waals surface area contributed by atoms with Crippen LogP contribution in [0.4, 0.5) is 0 Å². The van der Waals surface area contributed by atoms with Gasteiger partial charge >= 0.3 is 5.97 Å². The van der Waals surface area contributed by atoms with Crippen LogP contribution in [0.2, 0.25) is 0 Å². The van der Waals surface area contributed by atoms with Crippen LogP contribution in [0.25, 0.3) is 0 Å². The van der Waals surface area contributed by atoms with Crippen molar-refractivity contribution < 1.29 is 22.7 Å². The summed E-state index contributed by atoms with van der Waals surface area (Å²) in [5.74, 6) is -0.126. The van der Waals surface area contributed by atoms with E-state index in [4.69, 9.17) is 9.47 Å². The van der Waals surface area contributed by atoms with Gasteiger partial charge in [0.1, 0.15) is 23.2 Å². The van der Waals surface area contributed by atoms with E-state index >= 15 is 0 Å². The summed E-state index contributed by atoms with van der Waals surface area (Å²) in [4.78, 5) is 16.8. The highest BCUT2D eigenvalue weighted by atomic mass is 32.2. The lowest BCUT2D eigenvalue weighted by Gasteiger charge is -2.30. The van der Waals surface area contributed by atoms with Crippen LogP contribution in [0.15, 0.2) is 70.4 Å². The van der Waals surface area contributed by atoms with E-state index in [1.165, 1.54) is 15.6 Å². The number of benzene rings is 1. The van der Waals surface area contributed by atoms with Crippen LogP contribution >= 0.6 is 11.3 Å². The summed E-state index contributed by atoms with van der Waals surface area (Å²) in [6.45, 7) is 1.08. The number of carbonyl (C=O) groups excluding carboxylic acids is 1. The number of carbonyl (C=O) groups is 1. The van der Waals surface area contributed by atoms with Gasteiger partial charge in [0.25, 0.3) is 10.0 Å². The van der Waals surface area contributed by atoms with E-state index in [0.29, 0.717) is 36.0 Å². The molecule has 3 aromatic rings. The van der Waals surface area contributed by atoms with Crippen molar-refractivity contribution >= 4 is 27.3 Å². The van der Waals surface area contributed by atoms with Gasteiger partial charge in [-0.3, -0.25) is 9.78 Å². The molecule has 0 N–H and O–H groups in total. The quantitative estimate of drug-likeness (QED) is 0.463. The van der Waals surface area contributed by atoms with Crippen molar-refractivity contribution in [1.82, 2.24) is 9.29 Å². The van der Waals surface area contributed by atoms with Crippen LogP contribution in [-0.2, 0) is 32.8 Å². The lowest BCUT2D eigenvalue weighted by molar-refractivity contribution is -0.151. The Hall–Kier alpha value is -2.75. The standard InChI is InChI=1S/C23H24N2O5S2/c26-23(19-5-3-13-25(15-19)32(27,28)22-7-4-14-31-22)30-16-18-8-10-21(11-9-18)29-17-20-6-1-2-12-24-20/h1-2,4,6-12,14,19H,3,5,13,15-17H2. The Morgan fingerprint density at radius 1 is 1.09 bits per heavy atom. The van der Waals surface area contributed by atoms with Gasteiger partial charge in [-0.1, -0.05) is 24.3 Å². The Morgan fingerprint density at radius 3 is 2.66 bits per heavy atom. The molecule has 0 amide bonds. The summed E-state index contributed by atoms with van der Waals surface area (Å²) in [6, 6.07) is 16.3. The van der Waals surface area contributed by atoms with Gasteiger partial charge in [0.2, 0.25) is 0 Å². The van der Waals surface area contributed by atoms with E-state index < -0.39 is 15.9 Å². The predicted molar refractivity (Wildman–Crippen MR) is 121 cm³/mol. The molecular formula is C23H24N2O5S2. The Morgan fingerprint density at radius 2 is 1.94 bits per heavy atom. The van der Waals surface area contributed by atoms with E-state index in [0.717, 1.165) is 11.3 Å². The molecule has 2 aromatic heterocycles. The summed E-state index contributed by atoms with van der Waals surface area (Å²) in [5, 5.41) is 1.73. The molecule has 1 atom stereocenters. The largest absolute Gasteiger partial charge is 0.487 e. The number of piperidine rings is 1. The second kappa shape index (κ2) is 10.2. The number of pyridine rings is 1. The maximum Gasteiger partial charge on any atom is 0.310 e. The van der Waals surface area contributed by atoms with Crippen molar-refractivity contribution in [3.63, 3.8) is 0 Å². The van der Waals surface area contributed by atoms with Gasteiger partial charge in [-0.2, -0.15) is 4.31 Å². The number of esters is 1. The van der Waals surface area contributed by atoms with E-state index in [9.17, 15) is 13.2 Å². The van der Waals surface area contributed by atoms with Crippen LogP contribution in [0.1, 0.15) is 24.1 Å². The molecule has 1 aliphatic heterocycles. The van der Waals surface area contributed by atoms with E-state index in [1.807, 2.05) is 42.5 Å². The molecule has 1 aliphatic rings. The molecule has 1 aromatic carbocycles. The monoisotopic (exact) mass is 472 g/mol. The van der Waals surface area contributed by atoms with Crippen molar-refractivity contribution in [3.8, 4) is 5.75 Å². The maximum absolute atomic E-state index is 12.7. The highest BCUT2D eigenvalue weighted by Crippen LogP contribution is 2.27. The van der Waals surface area contributed by atoms with Crippen molar-refractivity contribution in [1.29, 1.82) is 0 Å². The van der Waals surface area contributed by atoms with E-state index in [1.54, 1.807) is 23.7 Å². The maximum atomic E-state index is 12.7. The van der Waals surface area contributed by atoms with Crippen LogP contribution in [0, 0.1) is 5.92 Å². The normalized spacial score (nSPS) is 17.1. The Bertz CT molecular complexity index is 1120. The second-order valence-corrected chi connectivity index (χ2v) is 10.6. The summed E-state index contributed by atoms with van der Waals surface area (Å²) in [7, 11) is -3.56. The zero-order chi connectivity index (χ0) is 22.4. The third-order valence-electron chi connectivity index (χ3n) is 5.22. The van der Waals surface area contributed by atoms with Crippen molar-refractivity contribution in [3.05, 3.63) is 77.4 Å². The topological polar surface area (TPSA) is 85.8 Å². The summed E-state index contributed by atoms with van der Waals surface area (Å²) in [5.41, 5.74) is 1.68. The number of hydrogen-bond donors (Lipinski definition) is 0. The van der Waals surface area contributed by atoms with Gasteiger partial charge in [-0.15, -0.1) is 11.3 Å². The number of thiophene rings is 1. The SMILES string of the molecule is O=C(OCc1ccc(OCc2ccccn2)cc1)C1CCCN(S(=O)(=O)c2cccs2)C1. The first-order valence-electron chi connectivity index (χ1n) is 10.3. The zero-order valence-electron chi connectivity index (χ0n) is 17.4. The second-order valence-electron chi connectivity index (χ2n) is 7.50. The Balaban J connectivity index is 1.27. The molecule has 1 unspecified atom stereocenters. The number of nitrogens with zero attached hydrogens (tertiary/aromatic N) is 2. The minimum atomic E-state index is -3.56. The van der Waals surface area contributed by atoms with Crippen LogP contribution < -0.4 is 4.74 Å². The predicted octanol–water partition coefficient (Wildman–Crippen LogP) is 3.87. The summed E-state index contributed by atoms with van der Waals surface area (Å²) in [6.07, 6.45) is 2.97. The fourth-order valence-corrected chi connectivity index (χ4v) is 6.15. The molecule has 168 valence electrons. The van der Waals surface area contributed by atoms with Crippen LogP contribution in [-0.4, -0.2) is 36.8 Å². The fourth-order valence-electron chi connectivity index (χ4n) is 3.49. The van der Waals surface area contributed by atoms with E-state index in [2.05, 4.69) is 4.98 Å². The average Bonchev–Trinajstić information content (AvgIpc) is 3.39. The molecule has 4 rings (SSSR count). The molecule has 1 saturated heterocycles. The third kappa shape index (κ3) is 5.53. The fraction of sp³-hybridized carbons (Fsp3) is 0.304. The van der Waals surface area contributed by atoms with Gasteiger partial charge in [-0.25, -0.2) is 8.42 Å². The number of ether oxygens (including phenoxy) is 2. The zero-order valence-corrected chi connectivity index (χ0v) is 19.1. The first kappa shape index (κ1) is 22.4. The van der Waals surface area contributed by atoms with Gasteiger partial charge in [0, 0.05) is 19.3 Å². The van der Waals surface area contributed by atoms with Crippen molar-refractivity contribution in [2.24, 2.45) is 5.92 Å². The first-order chi connectivity index (χ1) is 15.5. The van der Waals surface area contributed by atoms with Gasteiger partial charge in [-0.05, 0) is 54.1 Å². The minimum Gasteiger partial charge on any atom is -0.487 e. The molecule has 0 bridgehead atoms. The summed E-state index contributed by atoms with van der Waals surface area (Å²) >= 11 is 1.18. The minimum absolute atomic E-state index is 0.132. The Kier molecular flexibility index (Phi) is 7.19. The molecule has 0 radical (unpaired) electrons. The molecule has 32 heavy (non-hydrogen) atoms. The molecule has 0 saturated carbocycles. The number of rotatable bonds is 8. The van der Waals surface area contributed by atoms with Gasteiger partial charge in [0.15, 0.2) is 0 Å². The number of sulfonamides is 1. The number of aromatic nitrogens is 1. The summed E-state index contributed by atoms with van der Waals surface area (Å²) < 4.78 is 38.4. The van der Waals surface area contributed by atoms with Crippen molar-refractivity contribution in [2.75, 3.05) is 13.1 Å². The molecule has 7 nitrogen and oxygen atoms in total. The van der Waals surface area contributed by atoms with Crippen molar-refractivity contribution in [2.45, 2.75) is 30.3 Å². The Labute approximate surface area is 191 Å². The molecule has 0 spiro atoms. The highest BCUT2D eigenvalue weighted by molar-refractivity contribution is 7.91. The lowest BCUT2D eigenvalue weighted by Crippen LogP contribution is -2.42. The molecule has 0 aliphatic carbocycles.